The van der Waals surface area contributed by atoms with E-state index in [9.17, 15) is 0 Å². The van der Waals surface area contributed by atoms with Crippen molar-refractivity contribution in [1.29, 1.82) is 0 Å². The fourth-order valence-electron chi connectivity index (χ4n) is 1.97. The van der Waals surface area contributed by atoms with Gasteiger partial charge in [-0.05, 0) is 31.2 Å². The minimum Gasteiger partial charge on any atom is -0.476 e. The lowest BCUT2D eigenvalue weighted by atomic mass is 10.2. The first-order chi connectivity index (χ1) is 10.3. The Bertz CT molecular complexity index is 774. The second kappa shape index (κ2) is 5.66. The van der Waals surface area contributed by atoms with Gasteiger partial charge < -0.3 is 15.2 Å². The molecule has 3 aromatic rings. The molecule has 1 aromatic carbocycles. The molecule has 5 nitrogen and oxygen atoms in total. The molecular formula is C16H15N3O2. The van der Waals surface area contributed by atoms with Crippen LogP contribution in [0.5, 0.6) is 17.5 Å². The van der Waals surface area contributed by atoms with Gasteiger partial charge in [0.15, 0.2) is 0 Å². The second-order valence-electron chi connectivity index (χ2n) is 4.44. The Balaban J connectivity index is 1.89. The van der Waals surface area contributed by atoms with Gasteiger partial charge in [0, 0.05) is 23.7 Å². The Morgan fingerprint density at radius 1 is 1.14 bits per heavy atom. The third-order valence-electron chi connectivity index (χ3n) is 2.95. The summed E-state index contributed by atoms with van der Waals surface area (Å²) in [7, 11) is 0. The molecule has 0 saturated carbocycles. The molecule has 0 aliphatic rings. The van der Waals surface area contributed by atoms with Gasteiger partial charge in [-0.2, -0.15) is 4.98 Å². The fraction of sp³-hybridized carbons (Fsp3) is 0.125. The lowest BCUT2D eigenvalue weighted by Crippen LogP contribution is -2.00. The van der Waals surface area contributed by atoms with Crippen LogP contribution in [0.1, 0.15) is 6.92 Å². The van der Waals surface area contributed by atoms with E-state index in [0.29, 0.717) is 29.8 Å². The van der Waals surface area contributed by atoms with Gasteiger partial charge in [0.25, 0.3) is 0 Å². The Morgan fingerprint density at radius 3 is 2.90 bits per heavy atom. The minimum atomic E-state index is 0.383. The number of nitrogen functional groups attached to an aromatic ring is 1. The number of anilines is 1. The van der Waals surface area contributed by atoms with Gasteiger partial charge in [-0.1, -0.05) is 6.07 Å². The van der Waals surface area contributed by atoms with Gasteiger partial charge in [0.1, 0.15) is 5.75 Å². The van der Waals surface area contributed by atoms with Crippen molar-refractivity contribution in [2.24, 2.45) is 0 Å². The molecular weight excluding hydrogens is 266 g/mol. The van der Waals surface area contributed by atoms with Crippen LogP contribution in [-0.2, 0) is 0 Å². The highest BCUT2D eigenvalue weighted by Gasteiger charge is 2.06. The zero-order valence-electron chi connectivity index (χ0n) is 11.6. The quantitative estimate of drug-likeness (QED) is 0.793. The lowest BCUT2D eigenvalue weighted by Gasteiger charge is -2.09. The number of rotatable bonds is 4. The number of aromatic nitrogens is 2. The second-order valence-corrected chi connectivity index (χ2v) is 4.44. The highest BCUT2D eigenvalue weighted by Crippen LogP contribution is 2.27. The Hall–Kier alpha value is -2.82. The standard InChI is InChI=1S/C16H15N3O2/c1-2-20-16-13(17)7-8-15(19-16)21-12-6-5-11-4-3-9-18-14(11)10-12/h3-10H,2,17H2,1H3. The summed E-state index contributed by atoms with van der Waals surface area (Å²) in [5, 5.41) is 1.06. The molecule has 2 aromatic heterocycles. The van der Waals surface area contributed by atoms with Crippen molar-refractivity contribution in [3.8, 4) is 17.5 Å². The number of nitrogens with zero attached hydrogens (tertiary/aromatic N) is 2. The Labute approximate surface area is 122 Å². The van der Waals surface area contributed by atoms with E-state index in [2.05, 4.69) is 9.97 Å². The van der Waals surface area contributed by atoms with Crippen molar-refractivity contribution in [3.05, 3.63) is 48.7 Å². The predicted molar refractivity (Wildman–Crippen MR) is 81.6 cm³/mol. The minimum absolute atomic E-state index is 0.383. The first kappa shape index (κ1) is 13.2. The van der Waals surface area contributed by atoms with E-state index in [1.165, 1.54) is 0 Å². The fourth-order valence-corrected chi connectivity index (χ4v) is 1.97. The summed E-state index contributed by atoms with van der Waals surface area (Å²) in [6.45, 7) is 2.38. The third kappa shape index (κ3) is 2.86. The summed E-state index contributed by atoms with van der Waals surface area (Å²) in [6.07, 6.45) is 1.75. The third-order valence-corrected chi connectivity index (χ3v) is 2.95. The van der Waals surface area contributed by atoms with E-state index >= 15 is 0 Å². The molecule has 0 fully saturated rings. The zero-order chi connectivity index (χ0) is 14.7. The molecule has 0 bridgehead atoms. The number of ether oxygens (including phenoxy) is 2. The van der Waals surface area contributed by atoms with Crippen LogP contribution in [0.25, 0.3) is 10.9 Å². The molecule has 21 heavy (non-hydrogen) atoms. The molecule has 0 amide bonds. The van der Waals surface area contributed by atoms with E-state index in [-0.39, 0.29) is 0 Å². The maximum absolute atomic E-state index is 5.79. The summed E-state index contributed by atoms with van der Waals surface area (Å²) in [6, 6.07) is 13.0. The number of pyridine rings is 2. The van der Waals surface area contributed by atoms with Crippen LogP contribution >= 0.6 is 0 Å². The average molecular weight is 281 g/mol. The molecule has 0 saturated heterocycles. The molecule has 0 spiro atoms. The maximum Gasteiger partial charge on any atom is 0.240 e. The Kier molecular flexibility index (Phi) is 3.55. The van der Waals surface area contributed by atoms with Crippen LogP contribution in [0.4, 0.5) is 5.69 Å². The number of hydrogen-bond acceptors (Lipinski definition) is 5. The van der Waals surface area contributed by atoms with Gasteiger partial charge in [-0.3, -0.25) is 4.98 Å². The van der Waals surface area contributed by atoms with Crippen LogP contribution in [0.15, 0.2) is 48.7 Å². The van der Waals surface area contributed by atoms with Crippen LogP contribution in [0.2, 0.25) is 0 Å². The highest BCUT2D eigenvalue weighted by molar-refractivity contribution is 5.79. The number of benzene rings is 1. The van der Waals surface area contributed by atoms with Crippen LogP contribution in [-0.4, -0.2) is 16.6 Å². The maximum atomic E-state index is 5.79. The first-order valence-corrected chi connectivity index (χ1v) is 6.68. The topological polar surface area (TPSA) is 70.3 Å². The van der Waals surface area contributed by atoms with E-state index < -0.39 is 0 Å². The SMILES string of the molecule is CCOc1nc(Oc2ccc3cccnc3c2)ccc1N. The van der Waals surface area contributed by atoms with Crippen molar-refractivity contribution in [2.45, 2.75) is 6.92 Å². The zero-order valence-corrected chi connectivity index (χ0v) is 11.6. The Morgan fingerprint density at radius 2 is 2.05 bits per heavy atom. The average Bonchev–Trinajstić information content (AvgIpc) is 2.51. The van der Waals surface area contributed by atoms with E-state index in [4.69, 9.17) is 15.2 Å². The van der Waals surface area contributed by atoms with Crippen molar-refractivity contribution < 1.29 is 9.47 Å². The predicted octanol–water partition coefficient (Wildman–Crippen LogP) is 3.40. The van der Waals surface area contributed by atoms with E-state index in [1.807, 2.05) is 37.3 Å². The van der Waals surface area contributed by atoms with Crippen molar-refractivity contribution in [1.82, 2.24) is 9.97 Å². The monoisotopic (exact) mass is 281 g/mol. The van der Waals surface area contributed by atoms with Gasteiger partial charge in [-0.15, -0.1) is 0 Å². The summed E-state index contributed by atoms with van der Waals surface area (Å²) >= 11 is 0. The summed E-state index contributed by atoms with van der Waals surface area (Å²) in [5.41, 5.74) is 7.15. The van der Waals surface area contributed by atoms with Gasteiger partial charge in [0.2, 0.25) is 11.8 Å². The summed E-state index contributed by atoms with van der Waals surface area (Å²) in [4.78, 5) is 8.55. The number of hydrogen-bond donors (Lipinski definition) is 1. The molecule has 0 unspecified atom stereocenters. The van der Waals surface area contributed by atoms with Crippen molar-refractivity contribution >= 4 is 16.6 Å². The lowest BCUT2D eigenvalue weighted by molar-refractivity contribution is 0.323. The number of fused-ring (bicyclic) bond motifs is 1. The molecule has 2 heterocycles. The van der Waals surface area contributed by atoms with Gasteiger partial charge >= 0.3 is 0 Å². The molecule has 0 radical (unpaired) electrons. The highest BCUT2D eigenvalue weighted by atomic mass is 16.5. The largest absolute Gasteiger partial charge is 0.476 e. The molecule has 0 aliphatic carbocycles. The van der Waals surface area contributed by atoms with Gasteiger partial charge in [0.05, 0.1) is 17.8 Å². The molecule has 3 rings (SSSR count). The van der Waals surface area contributed by atoms with Crippen LogP contribution in [0, 0.1) is 0 Å². The molecule has 0 aliphatic heterocycles. The van der Waals surface area contributed by atoms with Crippen LogP contribution in [0.3, 0.4) is 0 Å². The summed E-state index contributed by atoms with van der Waals surface area (Å²) in [5.74, 6) is 1.48. The molecule has 0 atom stereocenters. The van der Waals surface area contributed by atoms with E-state index in [1.54, 1.807) is 18.3 Å². The first-order valence-electron chi connectivity index (χ1n) is 6.68. The van der Waals surface area contributed by atoms with Crippen molar-refractivity contribution in [3.63, 3.8) is 0 Å². The van der Waals surface area contributed by atoms with E-state index in [0.717, 1.165) is 10.9 Å². The summed E-state index contributed by atoms with van der Waals surface area (Å²) < 4.78 is 11.1. The molecule has 106 valence electrons. The van der Waals surface area contributed by atoms with Crippen LogP contribution < -0.4 is 15.2 Å². The van der Waals surface area contributed by atoms with Gasteiger partial charge in [-0.25, -0.2) is 0 Å². The number of nitrogens with two attached hydrogens (primary N) is 1. The molecule has 2 N–H and O–H groups in total. The molecule has 5 heteroatoms. The van der Waals surface area contributed by atoms with Crippen molar-refractivity contribution in [2.75, 3.05) is 12.3 Å². The normalized spacial score (nSPS) is 10.5. The smallest absolute Gasteiger partial charge is 0.240 e.